The van der Waals surface area contributed by atoms with Gasteiger partial charge in [-0.1, -0.05) is 17.2 Å². The van der Waals surface area contributed by atoms with Gasteiger partial charge in [0.1, 0.15) is 0 Å². The zero-order chi connectivity index (χ0) is 26.7. The average molecular weight is 517 g/mol. The third-order valence-corrected chi connectivity index (χ3v) is 7.00. The molecule has 37 heavy (non-hydrogen) atoms. The maximum atomic E-state index is 13.8. The van der Waals surface area contributed by atoms with Crippen molar-refractivity contribution in [3.63, 3.8) is 0 Å². The molecule has 0 atom stereocenters. The highest BCUT2D eigenvalue weighted by molar-refractivity contribution is 6.00. The van der Waals surface area contributed by atoms with Crippen LogP contribution in [0, 0.1) is 28.8 Å². The van der Waals surface area contributed by atoms with Crippen molar-refractivity contribution in [3.8, 4) is 0 Å². The number of nitrogens with one attached hydrogen (secondary N) is 2. The van der Waals surface area contributed by atoms with Gasteiger partial charge in [-0.15, -0.1) is 5.10 Å². The molecule has 0 aliphatic heterocycles. The first-order valence-electron chi connectivity index (χ1n) is 11.8. The molecule has 0 bridgehead atoms. The predicted molar refractivity (Wildman–Crippen MR) is 129 cm³/mol. The summed E-state index contributed by atoms with van der Waals surface area (Å²) in [6, 6.07) is 8.76. The number of halogens is 3. The van der Waals surface area contributed by atoms with Crippen molar-refractivity contribution >= 4 is 29.3 Å². The summed E-state index contributed by atoms with van der Waals surface area (Å²) in [6.07, 6.45) is 3.75. The van der Waals surface area contributed by atoms with E-state index in [9.17, 15) is 22.8 Å². The van der Waals surface area contributed by atoms with E-state index in [1.165, 1.54) is 7.11 Å². The van der Waals surface area contributed by atoms with Gasteiger partial charge in [-0.05, 0) is 81.2 Å². The minimum Gasteiger partial charge on any atom is -0.469 e. The Morgan fingerprint density at radius 1 is 0.973 bits per heavy atom. The number of esters is 1. The van der Waals surface area contributed by atoms with Crippen LogP contribution >= 0.6 is 0 Å². The van der Waals surface area contributed by atoms with Crippen LogP contribution < -0.4 is 10.6 Å². The highest BCUT2D eigenvalue weighted by Crippen LogP contribution is 2.44. The van der Waals surface area contributed by atoms with E-state index in [2.05, 4.69) is 20.8 Å². The van der Waals surface area contributed by atoms with Crippen molar-refractivity contribution in [1.82, 2.24) is 10.2 Å². The molecule has 2 aromatic carbocycles. The fraction of sp³-hybridized carbons (Fsp3) is 0.385. The lowest BCUT2D eigenvalue weighted by molar-refractivity contribution is -0.154. The Balaban J connectivity index is 1.33. The summed E-state index contributed by atoms with van der Waals surface area (Å²) in [5, 5.41) is 12.1. The largest absolute Gasteiger partial charge is 0.469 e. The van der Waals surface area contributed by atoms with E-state index in [1.54, 1.807) is 12.1 Å². The number of ether oxygens (including phenoxy) is 1. The molecule has 0 unspecified atom stereocenters. The van der Waals surface area contributed by atoms with Crippen molar-refractivity contribution < 1.29 is 31.9 Å². The van der Waals surface area contributed by atoms with Crippen LogP contribution in [0.3, 0.4) is 0 Å². The molecule has 1 fully saturated rings. The van der Waals surface area contributed by atoms with Gasteiger partial charge in [-0.3, -0.25) is 9.59 Å². The van der Waals surface area contributed by atoms with Crippen molar-refractivity contribution in [1.29, 1.82) is 0 Å². The molecule has 2 N–H and O–H groups in total. The lowest BCUT2D eigenvalue weighted by Gasteiger charge is -2.37. The summed E-state index contributed by atoms with van der Waals surface area (Å²) in [7, 11) is 1.42. The Kier molecular flexibility index (Phi) is 7.51. The molecule has 0 spiro atoms. The van der Waals surface area contributed by atoms with Crippen molar-refractivity contribution in [2.45, 2.75) is 45.4 Å². The molecule has 3 aromatic rings. The maximum absolute atomic E-state index is 13.8. The van der Waals surface area contributed by atoms with E-state index < -0.39 is 40.4 Å². The third-order valence-electron chi connectivity index (χ3n) is 7.00. The van der Waals surface area contributed by atoms with E-state index in [0.717, 1.165) is 43.4 Å². The summed E-state index contributed by atoms with van der Waals surface area (Å²) < 4.78 is 50.4. The van der Waals surface area contributed by atoms with Crippen LogP contribution in [0.1, 0.15) is 61.7 Å². The van der Waals surface area contributed by atoms with Crippen molar-refractivity contribution in [2.75, 3.05) is 17.7 Å². The number of nitrogens with zero attached hydrogens (tertiary/aromatic N) is 2. The molecule has 0 saturated heterocycles. The number of carbonyl (C=O) groups excluding carboxylic acids is 2. The first-order chi connectivity index (χ1) is 17.6. The molecule has 1 aliphatic rings. The molecule has 1 heterocycles. The first-order valence-corrected chi connectivity index (χ1v) is 11.8. The lowest BCUT2D eigenvalue weighted by atomic mass is 9.67. The van der Waals surface area contributed by atoms with Crippen LogP contribution in [0.5, 0.6) is 0 Å². The van der Waals surface area contributed by atoms with Crippen LogP contribution in [0.2, 0.25) is 0 Å². The molecular formula is C26H27F3N4O4. The highest BCUT2D eigenvalue weighted by atomic mass is 19.2. The molecule has 8 nitrogen and oxygen atoms in total. The van der Waals surface area contributed by atoms with Gasteiger partial charge in [0.05, 0.1) is 18.2 Å². The number of methoxy groups -OCH3 is 1. The van der Waals surface area contributed by atoms with Gasteiger partial charge < -0.3 is 19.8 Å². The highest BCUT2D eigenvalue weighted by Gasteiger charge is 2.39. The molecule has 1 saturated carbocycles. The smallest absolute Gasteiger partial charge is 0.320 e. The summed E-state index contributed by atoms with van der Waals surface area (Å²) >= 11 is 0. The standard InChI is InChI=1S/C26H27F3N4O4/c1-26(2,24(35)36-3)16-8-4-14(5-9-16)15-6-10-17(11-7-15)30-22(34)23-32-33-25(37-23)31-19-13-12-18(27)20(28)21(19)29/h6-7,10-14,16H,4-5,8-9H2,1-3H3,(H,30,34)(H,31,33). The number of carbonyl (C=O) groups is 2. The SMILES string of the molecule is COC(=O)C(C)(C)C1CCC(c2ccc(NC(=O)c3nnc(Nc4ccc(F)c(F)c4F)o3)cc2)CC1. The van der Waals surface area contributed by atoms with E-state index in [4.69, 9.17) is 9.15 Å². The normalized spacial score (nSPS) is 17.8. The van der Waals surface area contributed by atoms with Crippen LogP contribution in [0.4, 0.5) is 30.6 Å². The van der Waals surface area contributed by atoms with Gasteiger partial charge in [-0.2, -0.15) is 0 Å². The number of hydrogen-bond acceptors (Lipinski definition) is 7. The zero-order valence-corrected chi connectivity index (χ0v) is 20.6. The fourth-order valence-corrected chi connectivity index (χ4v) is 4.70. The topological polar surface area (TPSA) is 106 Å². The molecule has 4 rings (SSSR count). The number of amides is 1. The second-order valence-corrected chi connectivity index (χ2v) is 9.60. The van der Waals surface area contributed by atoms with E-state index in [0.29, 0.717) is 11.6 Å². The molecule has 1 aromatic heterocycles. The van der Waals surface area contributed by atoms with E-state index >= 15 is 0 Å². The van der Waals surface area contributed by atoms with Crippen molar-refractivity contribution in [3.05, 3.63) is 65.3 Å². The molecular weight excluding hydrogens is 489 g/mol. The van der Waals surface area contributed by atoms with Crippen LogP contribution in [0.25, 0.3) is 0 Å². The van der Waals surface area contributed by atoms with Crippen LogP contribution in [-0.4, -0.2) is 29.2 Å². The summed E-state index contributed by atoms with van der Waals surface area (Å²) in [5.41, 5.74) is 0.716. The van der Waals surface area contributed by atoms with Gasteiger partial charge in [0.25, 0.3) is 0 Å². The second kappa shape index (κ2) is 10.6. The molecule has 11 heteroatoms. The first kappa shape index (κ1) is 26.2. The summed E-state index contributed by atoms with van der Waals surface area (Å²) in [4.78, 5) is 24.6. The Labute approximate surface area is 211 Å². The number of anilines is 3. The van der Waals surface area contributed by atoms with Gasteiger partial charge in [-0.25, -0.2) is 13.2 Å². The Hall–Kier alpha value is -3.89. The lowest BCUT2D eigenvalue weighted by Crippen LogP contribution is -2.36. The molecule has 196 valence electrons. The Morgan fingerprint density at radius 2 is 1.65 bits per heavy atom. The predicted octanol–water partition coefficient (Wildman–Crippen LogP) is 5.96. The minimum absolute atomic E-state index is 0.184. The summed E-state index contributed by atoms with van der Waals surface area (Å²) in [5.74, 6) is -5.09. The Bertz CT molecular complexity index is 1290. The monoisotopic (exact) mass is 516 g/mol. The minimum atomic E-state index is -1.65. The number of aromatic nitrogens is 2. The molecule has 1 amide bonds. The number of hydrogen-bond donors (Lipinski definition) is 2. The fourth-order valence-electron chi connectivity index (χ4n) is 4.70. The van der Waals surface area contributed by atoms with Gasteiger partial charge in [0, 0.05) is 5.69 Å². The summed E-state index contributed by atoms with van der Waals surface area (Å²) in [6.45, 7) is 3.87. The van der Waals surface area contributed by atoms with E-state index in [1.807, 2.05) is 26.0 Å². The van der Waals surface area contributed by atoms with E-state index in [-0.39, 0.29) is 17.9 Å². The second-order valence-electron chi connectivity index (χ2n) is 9.60. The molecule has 1 aliphatic carbocycles. The van der Waals surface area contributed by atoms with Gasteiger partial charge >= 0.3 is 23.8 Å². The molecule has 0 radical (unpaired) electrons. The van der Waals surface area contributed by atoms with Crippen LogP contribution in [-0.2, 0) is 9.53 Å². The quantitative estimate of drug-likeness (QED) is 0.295. The number of benzene rings is 2. The van der Waals surface area contributed by atoms with Crippen LogP contribution in [0.15, 0.2) is 40.8 Å². The Morgan fingerprint density at radius 3 is 2.30 bits per heavy atom. The third kappa shape index (κ3) is 5.60. The maximum Gasteiger partial charge on any atom is 0.320 e. The van der Waals surface area contributed by atoms with Gasteiger partial charge in [0.2, 0.25) is 0 Å². The average Bonchev–Trinajstić information content (AvgIpc) is 3.38. The van der Waals surface area contributed by atoms with Crippen molar-refractivity contribution in [2.24, 2.45) is 11.3 Å². The van der Waals surface area contributed by atoms with Gasteiger partial charge in [0.15, 0.2) is 17.5 Å². The number of rotatable bonds is 7. The zero-order valence-electron chi connectivity index (χ0n) is 20.6.